The number of halogens is 2. The molecule has 0 radical (unpaired) electrons. The van der Waals surface area contributed by atoms with Crippen LogP contribution in [0.3, 0.4) is 0 Å². The monoisotopic (exact) mass is 289 g/mol. The molecule has 0 aliphatic carbocycles. The molecule has 7 heteroatoms. The molecule has 1 rings (SSSR count). The van der Waals surface area contributed by atoms with Crippen molar-refractivity contribution in [2.75, 3.05) is 6.61 Å². The van der Waals surface area contributed by atoms with Crippen molar-refractivity contribution in [3.8, 4) is 0 Å². The molecule has 0 atom stereocenters. The molecule has 0 aromatic carbocycles. The van der Waals surface area contributed by atoms with E-state index in [0.717, 1.165) is 12.1 Å². The van der Waals surface area contributed by atoms with Crippen molar-refractivity contribution in [1.29, 1.82) is 0 Å². The van der Waals surface area contributed by atoms with Crippen molar-refractivity contribution < 1.29 is 27.8 Å². The molecule has 5 nitrogen and oxygen atoms in total. The second kappa shape index (κ2) is 6.02. The second-order valence-electron chi connectivity index (χ2n) is 4.98. The Kier molecular flexibility index (Phi) is 4.86. The highest BCUT2D eigenvalue weighted by atomic mass is 19.3. The second-order valence-corrected chi connectivity index (χ2v) is 4.98. The molecule has 20 heavy (non-hydrogen) atoms. The van der Waals surface area contributed by atoms with E-state index in [1.807, 2.05) is 0 Å². The van der Waals surface area contributed by atoms with Gasteiger partial charge in [0.05, 0.1) is 12.3 Å². The lowest BCUT2D eigenvalue weighted by Crippen LogP contribution is -2.30. The van der Waals surface area contributed by atoms with Crippen molar-refractivity contribution >= 4 is 12.1 Å². The third-order valence-electron chi connectivity index (χ3n) is 2.20. The first-order chi connectivity index (χ1) is 9.17. The number of alkyl halides is 2. The molecule has 0 spiro atoms. The summed E-state index contributed by atoms with van der Waals surface area (Å²) in [7, 11) is 0. The molecule has 1 heterocycles. The zero-order valence-electron chi connectivity index (χ0n) is 11.8. The molecular weight excluding hydrogens is 272 g/mol. The molecule has 0 bridgehead atoms. The fourth-order valence-electron chi connectivity index (χ4n) is 1.50. The molecule has 1 aromatic rings. The Bertz CT molecular complexity index is 503. The van der Waals surface area contributed by atoms with E-state index in [-0.39, 0.29) is 12.3 Å². The summed E-state index contributed by atoms with van der Waals surface area (Å²) in [4.78, 5) is 23.7. The van der Waals surface area contributed by atoms with Crippen LogP contribution in [0.4, 0.5) is 13.6 Å². The van der Waals surface area contributed by atoms with Crippen molar-refractivity contribution in [1.82, 2.24) is 4.57 Å². The highest BCUT2D eigenvalue weighted by Gasteiger charge is 2.28. The number of carbonyl (C=O) groups is 2. The molecule has 0 aliphatic rings. The van der Waals surface area contributed by atoms with Crippen molar-refractivity contribution in [3.63, 3.8) is 0 Å². The van der Waals surface area contributed by atoms with Crippen LogP contribution < -0.4 is 0 Å². The van der Waals surface area contributed by atoms with Gasteiger partial charge in [0.2, 0.25) is 0 Å². The minimum absolute atomic E-state index is 0.0718. The van der Waals surface area contributed by atoms with Crippen LogP contribution in [-0.2, 0) is 9.47 Å². The SMILES string of the molecule is CCOC(=O)c1ccc(C(F)F)n1C(=O)OC(C)(C)C. The van der Waals surface area contributed by atoms with E-state index in [1.54, 1.807) is 27.7 Å². The quantitative estimate of drug-likeness (QED) is 0.800. The third kappa shape index (κ3) is 3.79. The molecule has 1 aromatic heterocycles. The van der Waals surface area contributed by atoms with E-state index in [4.69, 9.17) is 9.47 Å². The molecule has 112 valence electrons. The van der Waals surface area contributed by atoms with Crippen molar-refractivity contribution in [2.45, 2.75) is 39.7 Å². The summed E-state index contributed by atoms with van der Waals surface area (Å²) < 4.78 is 36.1. The van der Waals surface area contributed by atoms with Gasteiger partial charge in [0.1, 0.15) is 11.3 Å². The van der Waals surface area contributed by atoms with Gasteiger partial charge in [-0.2, -0.15) is 0 Å². The van der Waals surface area contributed by atoms with Crippen LogP contribution in [0.15, 0.2) is 12.1 Å². The number of hydrogen-bond acceptors (Lipinski definition) is 4. The summed E-state index contributed by atoms with van der Waals surface area (Å²) >= 11 is 0. The Hall–Kier alpha value is -1.92. The molecular formula is C13H17F2NO4. The summed E-state index contributed by atoms with van der Waals surface area (Å²) in [6.07, 6.45) is -3.95. The van der Waals surface area contributed by atoms with Crippen LogP contribution in [0.2, 0.25) is 0 Å². The van der Waals surface area contributed by atoms with Crippen LogP contribution in [0.25, 0.3) is 0 Å². The molecule has 0 N–H and O–H groups in total. The first-order valence-electron chi connectivity index (χ1n) is 6.07. The first kappa shape index (κ1) is 16.1. The van der Waals surface area contributed by atoms with Crippen LogP contribution >= 0.6 is 0 Å². The number of ether oxygens (including phenoxy) is 2. The van der Waals surface area contributed by atoms with E-state index in [0.29, 0.717) is 4.57 Å². The fraction of sp³-hybridized carbons (Fsp3) is 0.538. The van der Waals surface area contributed by atoms with Crippen LogP contribution in [0, 0.1) is 0 Å². The molecule has 0 saturated carbocycles. The molecule has 0 amide bonds. The average Bonchev–Trinajstić information content (AvgIpc) is 2.71. The molecule has 0 fully saturated rings. The van der Waals surface area contributed by atoms with Gasteiger partial charge in [0.25, 0.3) is 6.43 Å². The largest absolute Gasteiger partial charge is 0.461 e. The van der Waals surface area contributed by atoms with Gasteiger partial charge in [-0.25, -0.2) is 22.9 Å². The summed E-state index contributed by atoms with van der Waals surface area (Å²) in [5, 5.41) is 0. The third-order valence-corrected chi connectivity index (χ3v) is 2.20. The van der Waals surface area contributed by atoms with Gasteiger partial charge < -0.3 is 9.47 Å². The van der Waals surface area contributed by atoms with E-state index in [2.05, 4.69) is 0 Å². The Morgan fingerprint density at radius 2 is 1.90 bits per heavy atom. The average molecular weight is 289 g/mol. The number of esters is 1. The maximum Gasteiger partial charge on any atom is 0.419 e. The van der Waals surface area contributed by atoms with Gasteiger partial charge in [-0.15, -0.1) is 0 Å². The topological polar surface area (TPSA) is 57.5 Å². The van der Waals surface area contributed by atoms with Crippen LogP contribution in [-0.4, -0.2) is 28.8 Å². The number of nitrogens with zero attached hydrogens (tertiary/aromatic N) is 1. The van der Waals surface area contributed by atoms with E-state index < -0.39 is 29.8 Å². The minimum atomic E-state index is -2.91. The summed E-state index contributed by atoms with van der Waals surface area (Å²) in [6, 6.07) is 2.12. The van der Waals surface area contributed by atoms with Crippen molar-refractivity contribution in [2.24, 2.45) is 0 Å². The van der Waals surface area contributed by atoms with E-state index >= 15 is 0 Å². The maximum atomic E-state index is 12.9. The number of rotatable bonds is 3. The van der Waals surface area contributed by atoms with E-state index in [9.17, 15) is 18.4 Å². The minimum Gasteiger partial charge on any atom is -0.461 e. The zero-order chi connectivity index (χ0) is 15.5. The highest BCUT2D eigenvalue weighted by Crippen LogP contribution is 2.24. The van der Waals surface area contributed by atoms with Crippen LogP contribution in [0.5, 0.6) is 0 Å². The Morgan fingerprint density at radius 3 is 2.35 bits per heavy atom. The lowest BCUT2D eigenvalue weighted by atomic mass is 10.2. The van der Waals surface area contributed by atoms with Gasteiger partial charge in [0, 0.05) is 0 Å². The Labute approximate surface area is 115 Å². The van der Waals surface area contributed by atoms with Crippen molar-refractivity contribution in [3.05, 3.63) is 23.5 Å². The lowest BCUT2D eigenvalue weighted by molar-refractivity contribution is 0.0427. The van der Waals surface area contributed by atoms with Crippen LogP contribution in [0.1, 0.15) is 50.3 Å². The Morgan fingerprint density at radius 1 is 1.30 bits per heavy atom. The normalized spacial score (nSPS) is 11.6. The number of hydrogen-bond donors (Lipinski definition) is 0. The van der Waals surface area contributed by atoms with Gasteiger partial charge in [0.15, 0.2) is 0 Å². The smallest absolute Gasteiger partial charge is 0.419 e. The standard InChI is InChI=1S/C13H17F2NO4/c1-5-19-11(17)9-7-6-8(10(14)15)16(9)12(18)20-13(2,3)4/h6-7,10H,5H2,1-4H3. The van der Waals surface area contributed by atoms with Gasteiger partial charge in [-0.05, 0) is 39.8 Å². The lowest BCUT2D eigenvalue weighted by Gasteiger charge is -2.21. The summed E-state index contributed by atoms with van der Waals surface area (Å²) in [5.74, 6) is -0.856. The predicted molar refractivity (Wildman–Crippen MR) is 67.0 cm³/mol. The maximum absolute atomic E-state index is 12.9. The molecule has 0 saturated heterocycles. The summed E-state index contributed by atoms with van der Waals surface area (Å²) in [5.41, 5.74) is -1.76. The van der Waals surface area contributed by atoms with Gasteiger partial charge >= 0.3 is 12.1 Å². The van der Waals surface area contributed by atoms with Gasteiger partial charge in [-0.3, -0.25) is 0 Å². The summed E-state index contributed by atoms with van der Waals surface area (Å²) in [6.45, 7) is 6.44. The fourth-order valence-corrected chi connectivity index (χ4v) is 1.50. The first-order valence-corrected chi connectivity index (χ1v) is 6.07. The Balaban J connectivity index is 3.22. The zero-order valence-corrected chi connectivity index (χ0v) is 11.8. The van der Waals surface area contributed by atoms with Gasteiger partial charge in [-0.1, -0.05) is 0 Å². The van der Waals surface area contributed by atoms with E-state index in [1.165, 1.54) is 0 Å². The highest BCUT2D eigenvalue weighted by molar-refractivity contribution is 5.92. The molecule has 0 unspecified atom stereocenters. The molecule has 0 aliphatic heterocycles. The predicted octanol–water partition coefficient (Wildman–Crippen LogP) is 3.39. The number of carbonyl (C=O) groups excluding carboxylic acids is 2. The number of aromatic nitrogens is 1.